The molecule has 0 saturated carbocycles. The van der Waals surface area contributed by atoms with Crippen LogP contribution in [0.5, 0.6) is 0 Å². The van der Waals surface area contributed by atoms with E-state index < -0.39 is 5.54 Å². The van der Waals surface area contributed by atoms with Crippen LogP contribution in [0.2, 0.25) is 5.02 Å². The number of allylic oxidation sites excluding steroid dienone is 3. The van der Waals surface area contributed by atoms with Gasteiger partial charge >= 0.3 is 0 Å². The minimum absolute atomic E-state index is 0.616. The Kier molecular flexibility index (Phi) is 7.06. The first-order valence-corrected chi connectivity index (χ1v) is 9.18. The molecule has 1 nitrogen and oxygen atoms in total. The van der Waals surface area contributed by atoms with Gasteiger partial charge in [-0.1, -0.05) is 91.0 Å². The van der Waals surface area contributed by atoms with E-state index in [-0.39, 0.29) is 0 Å². The van der Waals surface area contributed by atoms with E-state index in [1.165, 1.54) is 0 Å². The summed E-state index contributed by atoms with van der Waals surface area (Å²) in [7, 11) is 0. The average molecular weight is 364 g/mol. The Hall–Kier alpha value is -2.51. The fourth-order valence-corrected chi connectivity index (χ4v) is 3.70. The van der Waals surface area contributed by atoms with Gasteiger partial charge in [-0.15, -0.1) is 0 Å². The summed E-state index contributed by atoms with van der Waals surface area (Å²) in [5.74, 6) is 0. The third-order valence-electron chi connectivity index (χ3n) is 4.42. The van der Waals surface area contributed by atoms with Gasteiger partial charge in [0.25, 0.3) is 0 Å². The molecule has 0 fully saturated rings. The lowest BCUT2D eigenvalue weighted by Gasteiger charge is -2.44. The molecule has 26 heavy (non-hydrogen) atoms. The van der Waals surface area contributed by atoms with Crippen molar-refractivity contribution in [3.8, 4) is 0 Å². The van der Waals surface area contributed by atoms with Gasteiger partial charge in [-0.3, -0.25) is 0 Å². The van der Waals surface area contributed by atoms with Crippen LogP contribution in [0, 0.1) is 0 Å². The highest BCUT2D eigenvalue weighted by Gasteiger charge is 2.41. The first-order chi connectivity index (χ1) is 12.7. The molecule has 2 aromatic carbocycles. The van der Waals surface area contributed by atoms with Gasteiger partial charge in [0.2, 0.25) is 0 Å². The van der Waals surface area contributed by atoms with Gasteiger partial charge < -0.3 is 4.90 Å². The molecule has 2 rings (SSSR count). The molecule has 0 heterocycles. The van der Waals surface area contributed by atoms with Crippen LogP contribution in [0.1, 0.15) is 31.9 Å². The minimum atomic E-state index is -0.616. The van der Waals surface area contributed by atoms with Crippen molar-refractivity contribution < 1.29 is 0 Å². The predicted octanol–water partition coefficient (Wildman–Crippen LogP) is 7.09. The standard InChI is InChI=1S/C24H26ClN/c1-5-14-20(7-3)24(26(8-4)19-6-2,21-15-10-9-11-16-21)22-17-12-13-18-23(22)25/h5-19H,4H2,1-3H3. The Morgan fingerprint density at radius 1 is 0.962 bits per heavy atom. The monoisotopic (exact) mass is 363 g/mol. The zero-order chi connectivity index (χ0) is 19.0. The Labute approximate surface area is 162 Å². The Bertz CT molecular complexity index is 817. The summed E-state index contributed by atoms with van der Waals surface area (Å²) >= 11 is 6.72. The fraction of sp³-hybridized carbons (Fsp3) is 0.167. The number of rotatable bonds is 7. The third kappa shape index (κ3) is 3.54. The van der Waals surface area contributed by atoms with Crippen molar-refractivity contribution in [3.05, 3.63) is 120 Å². The Morgan fingerprint density at radius 3 is 2.15 bits per heavy atom. The van der Waals surface area contributed by atoms with Crippen molar-refractivity contribution >= 4 is 11.6 Å². The van der Waals surface area contributed by atoms with Crippen LogP contribution in [0.3, 0.4) is 0 Å². The second-order valence-corrected chi connectivity index (χ2v) is 6.28. The zero-order valence-electron chi connectivity index (χ0n) is 15.7. The lowest BCUT2D eigenvalue weighted by Crippen LogP contribution is -2.43. The predicted molar refractivity (Wildman–Crippen MR) is 114 cm³/mol. The molecular formula is C24H26ClN. The van der Waals surface area contributed by atoms with Gasteiger partial charge in [-0.2, -0.15) is 0 Å². The molecule has 0 aliphatic heterocycles. The van der Waals surface area contributed by atoms with E-state index in [1.807, 2.05) is 56.6 Å². The number of benzene rings is 2. The molecule has 2 aromatic rings. The van der Waals surface area contributed by atoms with Gasteiger partial charge in [0.1, 0.15) is 5.54 Å². The van der Waals surface area contributed by atoms with E-state index in [0.29, 0.717) is 0 Å². The van der Waals surface area contributed by atoms with Crippen LogP contribution in [0.15, 0.2) is 103 Å². The van der Waals surface area contributed by atoms with Crippen molar-refractivity contribution in [2.24, 2.45) is 0 Å². The smallest absolute Gasteiger partial charge is 0.121 e. The summed E-state index contributed by atoms with van der Waals surface area (Å²) in [6, 6.07) is 18.4. The largest absolute Gasteiger partial charge is 0.337 e. The summed E-state index contributed by atoms with van der Waals surface area (Å²) in [5, 5.41) is 0.719. The van der Waals surface area contributed by atoms with Crippen LogP contribution in [-0.2, 0) is 5.54 Å². The fourth-order valence-electron chi connectivity index (χ4n) is 3.42. The topological polar surface area (TPSA) is 3.24 Å². The summed E-state index contributed by atoms with van der Waals surface area (Å²) in [4.78, 5) is 2.12. The van der Waals surface area contributed by atoms with E-state index >= 15 is 0 Å². The first-order valence-electron chi connectivity index (χ1n) is 8.80. The van der Waals surface area contributed by atoms with E-state index in [2.05, 4.69) is 67.0 Å². The maximum atomic E-state index is 6.72. The molecule has 0 N–H and O–H groups in total. The Balaban J connectivity index is 3.02. The van der Waals surface area contributed by atoms with Crippen molar-refractivity contribution in [2.75, 3.05) is 0 Å². The quantitative estimate of drug-likeness (QED) is 0.475. The molecule has 0 amide bonds. The number of halogens is 1. The third-order valence-corrected chi connectivity index (χ3v) is 4.75. The lowest BCUT2D eigenvalue weighted by molar-refractivity contribution is 0.314. The molecule has 0 aliphatic rings. The molecule has 0 saturated heterocycles. The summed E-state index contributed by atoms with van der Waals surface area (Å²) < 4.78 is 0. The normalized spacial score (nSPS) is 14.5. The molecule has 1 unspecified atom stereocenters. The van der Waals surface area contributed by atoms with Crippen molar-refractivity contribution in [2.45, 2.75) is 26.3 Å². The van der Waals surface area contributed by atoms with Crippen molar-refractivity contribution in [1.82, 2.24) is 4.90 Å². The molecule has 0 spiro atoms. The maximum absolute atomic E-state index is 6.72. The number of nitrogens with zero attached hydrogens (tertiary/aromatic N) is 1. The molecular weight excluding hydrogens is 338 g/mol. The number of hydrogen-bond donors (Lipinski definition) is 0. The van der Waals surface area contributed by atoms with Gasteiger partial charge in [0.15, 0.2) is 0 Å². The van der Waals surface area contributed by atoms with Crippen molar-refractivity contribution in [1.29, 1.82) is 0 Å². The van der Waals surface area contributed by atoms with E-state index in [1.54, 1.807) is 0 Å². The molecule has 134 valence electrons. The van der Waals surface area contributed by atoms with Crippen LogP contribution >= 0.6 is 11.6 Å². The highest BCUT2D eigenvalue weighted by atomic mass is 35.5. The molecule has 0 aromatic heterocycles. The number of hydrogen-bond acceptors (Lipinski definition) is 1. The highest BCUT2D eigenvalue weighted by Crippen LogP contribution is 2.46. The van der Waals surface area contributed by atoms with Crippen LogP contribution in [-0.4, -0.2) is 4.90 Å². The first kappa shape index (κ1) is 19.8. The maximum Gasteiger partial charge on any atom is 0.121 e. The second kappa shape index (κ2) is 9.26. The average Bonchev–Trinajstić information content (AvgIpc) is 2.68. The Morgan fingerprint density at radius 2 is 1.62 bits per heavy atom. The summed E-state index contributed by atoms with van der Waals surface area (Å²) in [6.45, 7) is 10.2. The molecule has 0 radical (unpaired) electrons. The van der Waals surface area contributed by atoms with Gasteiger partial charge in [0.05, 0.1) is 0 Å². The molecule has 0 bridgehead atoms. The zero-order valence-corrected chi connectivity index (χ0v) is 16.4. The molecule has 0 aliphatic carbocycles. The van der Waals surface area contributed by atoms with Crippen LogP contribution in [0.25, 0.3) is 0 Å². The highest BCUT2D eigenvalue weighted by molar-refractivity contribution is 6.31. The van der Waals surface area contributed by atoms with E-state index in [0.717, 1.165) is 21.7 Å². The molecule has 2 heteroatoms. The van der Waals surface area contributed by atoms with Crippen molar-refractivity contribution in [3.63, 3.8) is 0 Å². The second-order valence-electron chi connectivity index (χ2n) is 5.87. The summed E-state index contributed by atoms with van der Waals surface area (Å²) in [6.07, 6.45) is 12.2. The van der Waals surface area contributed by atoms with Crippen LogP contribution < -0.4 is 0 Å². The van der Waals surface area contributed by atoms with Gasteiger partial charge in [-0.05, 0) is 44.2 Å². The van der Waals surface area contributed by atoms with E-state index in [9.17, 15) is 0 Å². The molecule has 1 atom stereocenters. The summed E-state index contributed by atoms with van der Waals surface area (Å²) in [5.41, 5.74) is 2.64. The van der Waals surface area contributed by atoms with E-state index in [4.69, 9.17) is 11.6 Å². The SMILES string of the molecule is C=CN(C=CC)C(C(C=CC)=CC)(c1ccccc1)c1ccccc1Cl. The lowest BCUT2D eigenvalue weighted by atomic mass is 9.75. The minimum Gasteiger partial charge on any atom is -0.337 e. The van der Waals surface area contributed by atoms with Crippen LogP contribution in [0.4, 0.5) is 0 Å². The van der Waals surface area contributed by atoms with Gasteiger partial charge in [-0.25, -0.2) is 0 Å². The van der Waals surface area contributed by atoms with Gasteiger partial charge in [0, 0.05) is 16.8 Å².